The van der Waals surface area contributed by atoms with E-state index in [0.29, 0.717) is 13.1 Å². The normalized spacial score (nSPS) is 28.6. The third-order valence-corrected chi connectivity index (χ3v) is 2.76. The fourth-order valence-electron chi connectivity index (χ4n) is 1.89. The molecule has 80 valence electrons. The molecule has 0 aliphatic carbocycles. The number of piperidine rings is 1. The fraction of sp³-hybridized carbons (Fsp3) is 0.889. The van der Waals surface area contributed by atoms with Gasteiger partial charge in [-0.2, -0.15) is 0 Å². The van der Waals surface area contributed by atoms with Gasteiger partial charge in [0.05, 0.1) is 25.3 Å². The zero-order valence-corrected chi connectivity index (χ0v) is 8.11. The van der Waals surface area contributed by atoms with Crippen molar-refractivity contribution in [2.24, 2.45) is 0 Å². The number of likely N-dealkylation sites (tertiary alicyclic amines) is 1. The van der Waals surface area contributed by atoms with Crippen molar-refractivity contribution >= 4 is 6.09 Å². The molecule has 0 saturated carbocycles. The molecule has 2 heterocycles. The average molecular weight is 200 g/mol. The summed E-state index contributed by atoms with van der Waals surface area (Å²) in [6, 6.07) is 0. The molecule has 2 rings (SSSR count). The lowest BCUT2D eigenvalue weighted by atomic mass is 10.1. The molecule has 0 spiro atoms. The van der Waals surface area contributed by atoms with E-state index in [1.165, 1.54) is 4.90 Å². The van der Waals surface area contributed by atoms with Gasteiger partial charge in [0, 0.05) is 6.54 Å². The number of hydrogen-bond acceptors (Lipinski definition) is 3. The predicted molar refractivity (Wildman–Crippen MR) is 50.4 cm³/mol. The van der Waals surface area contributed by atoms with Gasteiger partial charge in [-0.1, -0.05) is 0 Å². The van der Waals surface area contributed by atoms with Gasteiger partial charge >= 0.3 is 6.09 Å². The number of carbonyl (C=O) groups is 1. The van der Waals surface area contributed by atoms with Crippen molar-refractivity contribution in [3.05, 3.63) is 0 Å². The minimum Gasteiger partial charge on any atom is -0.465 e. The molecule has 2 saturated heterocycles. The van der Waals surface area contributed by atoms with Gasteiger partial charge in [0.2, 0.25) is 0 Å². The quantitative estimate of drug-likeness (QED) is 0.664. The highest BCUT2D eigenvalue weighted by molar-refractivity contribution is 5.66. The first-order valence-corrected chi connectivity index (χ1v) is 5.10. The van der Waals surface area contributed by atoms with Crippen molar-refractivity contribution in [2.45, 2.75) is 25.0 Å². The number of rotatable bonds is 2. The molecule has 2 fully saturated rings. The van der Waals surface area contributed by atoms with Gasteiger partial charge in [0.15, 0.2) is 0 Å². The third kappa shape index (κ3) is 2.16. The van der Waals surface area contributed by atoms with Crippen LogP contribution in [0.2, 0.25) is 0 Å². The Kier molecular flexibility index (Phi) is 2.88. The molecule has 0 aromatic heterocycles. The highest BCUT2D eigenvalue weighted by atomic mass is 16.5. The van der Waals surface area contributed by atoms with Crippen molar-refractivity contribution in [3.8, 4) is 0 Å². The van der Waals surface area contributed by atoms with E-state index in [4.69, 9.17) is 9.84 Å². The minimum atomic E-state index is -0.841. The second kappa shape index (κ2) is 4.14. The van der Waals surface area contributed by atoms with E-state index in [9.17, 15) is 4.79 Å². The minimum absolute atomic E-state index is 0.121. The van der Waals surface area contributed by atoms with Crippen LogP contribution in [-0.4, -0.2) is 54.5 Å². The molecule has 0 aromatic carbocycles. The van der Waals surface area contributed by atoms with E-state index in [-0.39, 0.29) is 12.2 Å². The molecular weight excluding hydrogens is 184 g/mol. The molecule has 0 aromatic rings. The highest BCUT2D eigenvalue weighted by Gasteiger charge is 2.33. The van der Waals surface area contributed by atoms with Crippen LogP contribution in [0, 0.1) is 0 Å². The molecule has 5 heteroatoms. The van der Waals surface area contributed by atoms with Crippen LogP contribution in [0.15, 0.2) is 0 Å². The molecule has 1 amide bonds. The Balaban J connectivity index is 1.65. The van der Waals surface area contributed by atoms with Gasteiger partial charge in [-0.3, -0.25) is 0 Å². The van der Waals surface area contributed by atoms with Crippen LogP contribution >= 0.6 is 0 Å². The summed E-state index contributed by atoms with van der Waals surface area (Å²) >= 11 is 0. The number of carboxylic acid groups (broad SMARTS) is 1. The van der Waals surface area contributed by atoms with E-state index in [2.05, 4.69) is 5.32 Å². The Morgan fingerprint density at radius 1 is 1.43 bits per heavy atom. The lowest BCUT2D eigenvalue weighted by Crippen LogP contribution is -2.56. The Morgan fingerprint density at radius 2 is 2.21 bits per heavy atom. The summed E-state index contributed by atoms with van der Waals surface area (Å²) in [4.78, 5) is 11.9. The summed E-state index contributed by atoms with van der Waals surface area (Å²) < 4.78 is 5.74. The van der Waals surface area contributed by atoms with Crippen molar-refractivity contribution < 1.29 is 14.6 Å². The maximum Gasteiger partial charge on any atom is 0.407 e. The summed E-state index contributed by atoms with van der Waals surface area (Å²) in [5, 5.41) is 11.9. The van der Waals surface area contributed by atoms with E-state index in [1.54, 1.807) is 0 Å². The van der Waals surface area contributed by atoms with Crippen LogP contribution < -0.4 is 5.32 Å². The number of nitrogens with zero attached hydrogens (tertiary/aromatic N) is 1. The first-order chi connectivity index (χ1) is 6.75. The van der Waals surface area contributed by atoms with Crippen molar-refractivity contribution in [2.75, 3.05) is 26.2 Å². The highest BCUT2D eigenvalue weighted by Crippen LogP contribution is 2.16. The van der Waals surface area contributed by atoms with E-state index in [0.717, 1.165) is 25.9 Å². The summed E-state index contributed by atoms with van der Waals surface area (Å²) in [5.74, 6) is 0. The van der Waals surface area contributed by atoms with Crippen molar-refractivity contribution in [1.82, 2.24) is 10.2 Å². The van der Waals surface area contributed by atoms with Crippen LogP contribution in [-0.2, 0) is 4.74 Å². The lowest BCUT2D eigenvalue weighted by molar-refractivity contribution is -0.0879. The first-order valence-electron chi connectivity index (χ1n) is 5.10. The summed E-state index contributed by atoms with van der Waals surface area (Å²) in [7, 11) is 0. The van der Waals surface area contributed by atoms with Crippen LogP contribution in [0.3, 0.4) is 0 Å². The van der Waals surface area contributed by atoms with Crippen LogP contribution in [0.5, 0.6) is 0 Å². The summed E-state index contributed by atoms with van der Waals surface area (Å²) in [5.41, 5.74) is 0. The first kappa shape index (κ1) is 9.73. The van der Waals surface area contributed by atoms with Crippen molar-refractivity contribution in [3.63, 3.8) is 0 Å². The van der Waals surface area contributed by atoms with E-state index in [1.807, 2.05) is 0 Å². The van der Waals surface area contributed by atoms with Gasteiger partial charge in [0.25, 0.3) is 0 Å². The molecule has 2 N–H and O–H groups in total. The molecule has 0 radical (unpaired) electrons. The Hall–Kier alpha value is -0.810. The molecular formula is C9H16N2O3. The average Bonchev–Trinajstić information content (AvgIpc) is 2.12. The number of ether oxygens (including phenoxy) is 1. The Morgan fingerprint density at radius 3 is 2.79 bits per heavy atom. The number of hydrogen-bond donors (Lipinski definition) is 2. The molecule has 2 aliphatic rings. The van der Waals surface area contributed by atoms with E-state index < -0.39 is 6.09 Å². The molecule has 1 unspecified atom stereocenters. The van der Waals surface area contributed by atoms with Gasteiger partial charge < -0.3 is 20.1 Å². The van der Waals surface area contributed by atoms with Crippen LogP contribution in [0.25, 0.3) is 0 Å². The second-order valence-corrected chi connectivity index (χ2v) is 3.91. The topological polar surface area (TPSA) is 61.8 Å². The van der Waals surface area contributed by atoms with E-state index >= 15 is 0 Å². The van der Waals surface area contributed by atoms with Crippen LogP contribution in [0.1, 0.15) is 12.8 Å². The van der Waals surface area contributed by atoms with Gasteiger partial charge in [-0.15, -0.1) is 0 Å². The lowest BCUT2D eigenvalue weighted by Gasteiger charge is -2.39. The zero-order valence-electron chi connectivity index (χ0n) is 8.11. The van der Waals surface area contributed by atoms with Gasteiger partial charge in [-0.05, 0) is 19.4 Å². The number of amides is 1. The Labute approximate surface area is 83.0 Å². The maximum atomic E-state index is 10.5. The largest absolute Gasteiger partial charge is 0.465 e. The summed E-state index contributed by atoms with van der Waals surface area (Å²) in [6.07, 6.45) is 1.81. The predicted octanol–water partition coefficient (Wildman–Crippen LogP) is 0.117. The molecule has 1 atom stereocenters. The molecule has 14 heavy (non-hydrogen) atoms. The third-order valence-electron chi connectivity index (χ3n) is 2.76. The zero-order chi connectivity index (χ0) is 9.97. The number of nitrogens with one attached hydrogen (secondary N) is 1. The molecule has 0 bridgehead atoms. The summed E-state index contributed by atoms with van der Waals surface area (Å²) in [6.45, 7) is 3.05. The van der Waals surface area contributed by atoms with Gasteiger partial charge in [0.1, 0.15) is 0 Å². The monoisotopic (exact) mass is 200 g/mol. The molecule has 5 nitrogen and oxygen atoms in total. The van der Waals surface area contributed by atoms with Gasteiger partial charge in [-0.25, -0.2) is 4.79 Å². The van der Waals surface area contributed by atoms with Crippen molar-refractivity contribution in [1.29, 1.82) is 0 Å². The Bertz CT molecular complexity index is 210. The smallest absolute Gasteiger partial charge is 0.407 e. The van der Waals surface area contributed by atoms with Crippen LogP contribution in [0.4, 0.5) is 4.79 Å². The second-order valence-electron chi connectivity index (χ2n) is 3.91. The maximum absolute atomic E-state index is 10.5. The SMILES string of the molecule is O=C(O)N1CC(OC2CCCNC2)C1. The molecule has 2 aliphatic heterocycles. The standard InChI is InChI=1S/C9H16N2O3/c12-9(13)11-5-8(6-11)14-7-2-1-3-10-4-7/h7-8,10H,1-6H2,(H,12,13). The fourth-order valence-corrected chi connectivity index (χ4v) is 1.89.